The van der Waals surface area contributed by atoms with Gasteiger partial charge in [0.15, 0.2) is 0 Å². The van der Waals surface area contributed by atoms with Crippen LogP contribution >= 0.6 is 15.9 Å². The minimum Gasteiger partial charge on any atom is -0.346 e. The molecule has 0 bridgehead atoms. The van der Waals surface area contributed by atoms with Gasteiger partial charge in [-0.25, -0.2) is 0 Å². The molecule has 1 aromatic heterocycles. The smallest absolute Gasteiger partial charge is 0.0481 e. The third kappa shape index (κ3) is 2.66. The van der Waals surface area contributed by atoms with Gasteiger partial charge < -0.3 is 9.88 Å². The summed E-state index contributed by atoms with van der Waals surface area (Å²) >= 11 is 3.54. The summed E-state index contributed by atoms with van der Waals surface area (Å²) in [5.41, 5.74) is 1.34. The first kappa shape index (κ1) is 12.9. The number of halogens is 1. The summed E-state index contributed by atoms with van der Waals surface area (Å²) < 4.78 is 3.52. The van der Waals surface area contributed by atoms with Gasteiger partial charge in [-0.15, -0.1) is 0 Å². The molecule has 0 radical (unpaired) electrons. The van der Waals surface area contributed by atoms with Crippen LogP contribution in [0.15, 0.2) is 34.9 Å². The van der Waals surface area contributed by atoms with E-state index in [4.69, 9.17) is 0 Å². The molecule has 1 heterocycles. The van der Waals surface area contributed by atoms with E-state index in [1.807, 2.05) is 0 Å². The van der Waals surface area contributed by atoms with E-state index in [2.05, 4.69) is 56.3 Å². The lowest BCUT2D eigenvalue weighted by atomic mass is 10.1. The van der Waals surface area contributed by atoms with Gasteiger partial charge in [0, 0.05) is 40.7 Å². The highest BCUT2D eigenvalue weighted by Gasteiger charge is 2.40. The average Bonchev–Trinajstić information content (AvgIpc) is 3.33. The molecule has 0 saturated heterocycles. The van der Waals surface area contributed by atoms with Crippen molar-refractivity contribution in [2.24, 2.45) is 11.8 Å². The number of nitrogens with zero attached hydrogens (tertiary/aromatic N) is 1. The van der Waals surface area contributed by atoms with Crippen LogP contribution in [-0.4, -0.2) is 17.2 Å². The van der Waals surface area contributed by atoms with Crippen molar-refractivity contribution in [3.05, 3.63) is 34.9 Å². The van der Waals surface area contributed by atoms with E-state index in [0.717, 1.165) is 35.4 Å². The summed E-state index contributed by atoms with van der Waals surface area (Å²) in [6, 6.07) is 9.55. The van der Waals surface area contributed by atoms with Crippen molar-refractivity contribution in [1.29, 1.82) is 0 Å². The van der Waals surface area contributed by atoms with E-state index in [0.29, 0.717) is 0 Å². The Bertz CT molecular complexity index is 598. The van der Waals surface area contributed by atoms with Gasteiger partial charge in [0.1, 0.15) is 0 Å². The van der Waals surface area contributed by atoms with Crippen molar-refractivity contribution < 1.29 is 0 Å². The fraction of sp³-hybridized carbons (Fsp3) is 0.529. The highest BCUT2D eigenvalue weighted by atomic mass is 79.9. The molecule has 0 atom stereocenters. The average molecular weight is 333 g/mol. The summed E-state index contributed by atoms with van der Waals surface area (Å²) in [5, 5.41) is 5.15. The van der Waals surface area contributed by atoms with Crippen LogP contribution in [-0.2, 0) is 6.54 Å². The summed E-state index contributed by atoms with van der Waals surface area (Å²) in [5.74, 6) is 1.97. The van der Waals surface area contributed by atoms with Gasteiger partial charge in [-0.1, -0.05) is 15.9 Å². The Morgan fingerprint density at radius 1 is 1.15 bits per heavy atom. The number of rotatable bonds is 6. The number of aromatic nitrogens is 1. The summed E-state index contributed by atoms with van der Waals surface area (Å²) in [6.07, 6.45) is 8.02. The molecule has 1 aromatic carbocycles. The van der Waals surface area contributed by atoms with Crippen molar-refractivity contribution in [2.75, 3.05) is 6.54 Å². The van der Waals surface area contributed by atoms with Crippen LogP contribution in [0.3, 0.4) is 0 Å². The Balaban J connectivity index is 1.40. The van der Waals surface area contributed by atoms with Crippen molar-refractivity contribution >= 4 is 26.8 Å². The van der Waals surface area contributed by atoms with Crippen molar-refractivity contribution in [3.63, 3.8) is 0 Å². The fourth-order valence-electron chi connectivity index (χ4n) is 3.35. The first-order valence-corrected chi connectivity index (χ1v) is 8.58. The molecular formula is C17H21BrN2. The van der Waals surface area contributed by atoms with Crippen LogP contribution < -0.4 is 5.32 Å². The van der Waals surface area contributed by atoms with Crippen LogP contribution in [0.2, 0.25) is 0 Å². The Morgan fingerprint density at radius 3 is 2.60 bits per heavy atom. The molecule has 0 amide bonds. The molecule has 2 fully saturated rings. The molecule has 2 nitrogen and oxygen atoms in total. The first-order valence-electron chi connectivity index (χ1n) is 7.79. The normalized spacial score (nSPS) is 19.1. The molecule has 2 aromatic rings. The van der Waals surface area contributed by atoms with Crippen LogP contribution in [0.1, 0.15) is 25.7 Å². The number of benzene rings is 1. The molecular weight excluding hydrogens is 312 g/mol. The molecule has 2 aliphatic rings. The summed E-state index contributed by atoms with van der Waals surface area (Å²) in [6.45, 7) is 2.17. The van der Waals surface area contributed by atoms with E-state index in [1.54, 1.807) is 0 Å². The van der Waals surface area contributed by atoms with E-state index in [9.17, 15) is 0 Å². The van der Waals surface area contributed by atoms with E-state index in [-0.39, 0.29) is 0 Å². The molecule has 3 heteroatoms. The Hall–Kier alpha value is -0.800. The SMILES string of the molecule is Brc1ccc2c(ccn2CCNC(C2CC2)C2CC2)c1. The third-order valence-corrected chi connectivity index (χ3v) is 5.22. The molecule has 0 aliphatic heterocycles. The molecule has 2 aliphatic carbocycles. The monoisotopic (exact) mass is 332 g/mol. The molecule has 106 valence electrons. The van der Waals surface area contributed by atoms with Gasteiger partial charge in [-0.3, -0.25) is 0 Å². The second kappa shape index (κ2) is 5.19. The maximum Gasteiger partial charge on any atom is 0.0481 e. The van der Waals surface area contributed by atoms with Gasteiger partial charge in [0.25, 0.3) is 0 Å². The zero-order valence-electron chi connectivity index (χ0n) is 11.7. The highest BCUT2D eigenvalue weighted by Crippen LogP contribution is 2.44. The van der Waals surface area contributed by atoms with Crippen LogP contribution in [0, 0.1) is 11.8 Å². The van der Waals surface area contributed by atoms with Crippen LogP contribution in [0.25, 0.3) is 10.9 Å². The van der Waals surface area contributed by atoms with Gasteiger partial charge in [-0.05, 0) is 61.8 Å². The van der Waals surface area contributed by atoms with Crippen LogP contribution in [0.4, 0.5) is 0 Å². The third-order valence-electron chi connectivity index (χ3n) is 4.73. The lowest BCUT2D eigenvalue weighted by Crippen LogP contribution is -2.35. The van der Waals surface area contributed by atoms with Gasteiger partial charge in [0.2, 0.25) is 0 Å². The number of hydrogen-bond acceptors (Lipinski definition) is 1. The first-order chi connectivity index (χ1) is 9.81. The standard InChI is InChI=1S/C17H21BrN2/c18-15-5-6-16-14(11-15)7-9-20(16)10-8-19-17(12-1-2-12)13-3-4-13/h5-7,9,11-13,17,19H,1-4,8,10H2. The second-order valence-electron chi connectivity index (χ2n) is 6.37. The van der Waals surface area contributed by atoms with Crippen molar-refractivity contribution in [3.8, 4) is 0 Å². The molecule has 4 rings (SSSR count). The van der Waals surface area contributed by atoms with E-state index >= 15 is 0 Å². The number of fused-ring (bicyclic) bond motifs is 1. The molecule has 2 saturated carbocycles. The van der Waals surface area contributed by atoms with E-state index in [1.165, 1.54) is 36.6 Å². The van der Waals surface area contributed by atoms with Gasteiger partial charge in [-0.2, -0.15) is 0 Å². The van der Waals surface area contributed by atoms with E-state index < -0.39 is 0 Å². The van der Waals surface area contributed by atoms with Gasteiger partial charge in [0.05, 0.1) is 0 Å². The largest absolute Gasteiger partial charge is 0.346 e. The molecule has 20 heavy (non-hydrogen) atoms. The topological polar surface area (TPSA) is 17.0 Å². The lowest BCUT2D eigenvalue weighted by Gasteiger charge is -2.18. The molecule has 0 spiro atoms. The van der Waals surface area contributed by atoms with Gasteiger partial charge >= 0.3 is 0 Å². The van der Waals surface area contributed by atoms with Crippen molar-refractivity contribution in [1.82, 2.24) is 9.88 Å². The van der Waals surface area contributed by atoms with Crippen molar-refractivity contribution in [2.45, 2.75) is 38.3 Å². The Labute approximate surface area is 128 Å². The maximum absolute atomic E-state index is 3.83. The quantitative estimate of drug-likeness (QED) is 0.839. The zero-order valence-corrected chi connectivity index (χ0v) is 13.3. The zero-order chi connectivity index (χ0) is 13.5. The number of hydrogen-bond donors (Lipinski definition) is 1. The van der Waals surface area contributed by atoms with Crippen LogP contribution in [0.5, 0.6) is 0 Å². The molecule has 1 N–H and O–H groups in total. The summed E-state index contributed by atoms with van der Waals surface area (Å²) in [7, 11) is 0. The maximum atomic E-state index is 3.83. The fourth-order valence-corrected chi connectivity index (χ4v) is 3.73. The molecule has 0 unspecified atom stereocenters. The minimum atomic E-state index is 0.811. The highest BCUT2D eigenvalue weighted by molar-refractivity contribution is 9.10. The second-order valence-corrected chi connectivity index (χ2v) is 7.28. The minimum absolute atomic E-state index is 0.811. The Morgan fingerprint density at radius 2 is 1.90 bits per heavy atom. The predicted molar refractivity (Wildman–Crippen MR) is 86.9 cm³/mol. The Kier molecular flexibility index (Phi) is 3.35. The predicted octanol–water partition coefficient (Wildman–Crippen LogP) is 4.18. The lowest BCUT2D eigenvalue weighted by molar-refractivity contribution is 0.408. The number of nitrogens with one attached hydrogen (secondary N) is 1. The summed E-state index contributed by atoms with van der Waals surface area (Å²) in [4.78, 5) is 0.